The Morgan fingerprint density at radius 3 is 2.62 bits per heavy atom. The highest BCUT2D eigenvalue weighted by molar-refractivity contribution is 5.67. The van der Waals surface area contributed by atoms with Gasteiger partial charge in [-0.3, -0.25) is 4.98 Å². The highest BCUT2D eigenvalue weighted by Gasteiger charge is 2.49. The molecule has 0 spiro atoms. The predicted octanol–water partition coefficient (Wildman–Crippen LogP) is 2.72. The molecule has 1 aliphatic rings. The van der Waals surface area contributed by atoms with Gasteiger partial charge in [0.15, 0.2) is 29.2 Å². The van der Waals surface area contributed by atoms with Crippen molar-refractivity contribution in [2.45, 2.75) is 37.6 Å². The van der Waals surface area contributed by atoms with Gasteiger partial charge in [0.05, 0.1) is 30.7 Å². The maximum absolute atomic E-state index is 14.1. The van der Waals surface area contributed by atoms with E-state index in [1.807, 2.05) is 0 Å². The smallest absolute Gasteiger partial charge is 0.405 e. The second-order valence-electron chi connectivity index (χ2n) is 7.37. The first kappa shape index (κ1) is 23.7. The molecule has 0 aliphatic carbocycles. The summed E-state index contributed by atoms with van der Waals surface area (Å²) in [5.41, 5.74) is 2.98. The van der Waals surface area contributed by atoms with Crippen molar-refractivity contribution in [1.82, 2.24) is 4.98 Å². The third kappa shape index (κ3) is 4.46. The summed E-state index contributed by atoms with van der Waals surface area (Å²) < 4.78 is 72.4. The first-order valence-corrected chi connectivity index (χ1v) is 9.53. The number of hydrogen-bond donors (Lipinski definition) is 3. The summed E-state index contributed by atoms with van der Waals surface area (Å²) in [5, 5.41) is 19.8. The van der Waals surface area contributed by atoms with E-state index in [4.69, 9.17) is 10.5 Å². The van der Waals surface area contributed by atoms with E-state index in [-0.39, 0.29) is 48.4 Å². The minimum atomic E-state index is -3.22. The average Bonchev–Trinajstić information content (AvgIpc) is 2.76. The minimum Gasteiger partial charge on any atom is -0.438 e. The summed E-state index contributed by atoms with van der Waals surface area (Å²) in [6, 6.07) is 2.95. The maximum atomic E-state index is 14.1. The van der Waals surface area contributed by atoms with Crippen molar-refractivity contribution >= 4 is 11.8 Å². The molecular weight excluding hydrogens is 441 g/mol. The Morgan fingerprint density at radius 1 is 1.28 bits per heavy atom. The third-order valence-electron chi connectivity index (χ3n) is 5.36. The lowest BCUT2D eigenvalue weighted by Gasteiger charge is -2.45. The zero-order valence-corrected chi connectivity index (χ0v) is 16.6. The van der Waals surface area contributed by atoms with Gasteiger partial charge >= 0.3 is 6.09 Å². The largest absolute Gasteiger partial charge is 0.438 e. The molecule has 7 nitrogen and oxygen atoms in total. The number of nitrogens with zero attached hydrogens (tertiary/aromatic N) is 2. The Kier molecular flexibility index (Phi) is 6.84. The summed E-state index contributed by atoms with van der Waals surface area (Å²) >= 11 is 0. The molecule has 0 radical (unpaired) electrons. The van der Waals surface area contributed by atoms with E-state index in [0.717, 1.165) is 12.1 Å². The lowest BCUT2D eigenvalue weighted by Crippen LogP contribution is -2.60. The normalized spacial score (nSPS) is 19.8. The summed E-state index contributed by atoms with van der Waals surface area (Å²) in [5.74, 6) is -4.51. The summed E-state index contributed by atoms with van der Waals surface area (Å²) in [7, 11) is 0. The Labute approximate surface area is 179 Å². The molecule has 3 rings (SSSR count). The van der Waals surface area contributed by atoms with Gasteiger partial charge in [0.2, 0.25) is 0 Å². The number of aromatic nitrogens is 1. The van der Waals surface area contributed by atoms with Crippen LogP contribution in [0.5, 0.6) is 0 Å². The van der Waals surface area contributed by atoms with Crippen LogP contribution in [0, 0.1) is 17.5 Å². The van der Waals surface area contributed by atoms with E-state index in [9.17, 15) is 37.0 Å². The van der Waals surface area contributed by atoms with Crippen LogP contribution in [0.1, 0.15) is 18.4 Å². The number of piperidine rings is 1. The van der Waals surface area contributed by atoms with E-state index >= 15 is 0 Å². The number of carbonyl (C=O) groups is 1. The molecule has 1 saturated heterocycles. The number of amides is 1. The van der Waals surface area contributed by atoms with Crippen LogP contribution in [0.15, 0.2) is 24.4 Å². The molecule has 12 heteroatoms. The second kappa shape index (κ2) is 9.25. The van der Waals surface area contributed by atoms with Gasteiger partial charge in [-0.2, -0.15) is 0 Å². The van der Waals surface area contributed by atoms with Crippen molar-refractivity contribution in [2.24, 2.45) is 5.73 Å². The number of carbonyl (C=O) groups excluding carboxylic acids is 1. The fraction of sp³-hybridized carbons (Fsp3) is 0.400. The third-order valence-corrected chi connectivity index (χ3v) is 5.36. The van der Waals surface area contributed by atoms with Crippen LogP contribution in [0.25, 0.3) is 11.3 Å². The Hall–Kier alpha value is -2.99. The number of aliphatic hydroxyl groups excluding tert-OH is 2. The molecule has 1 aliphatic heterocycles. The zero-order valence-electron chi connectivity index (χ0n) is 16.6. The van der Waals surface area contributed by atoms with Crippen molar-refractivity contribution in [1.29, 1.82) is 0 Å². The topological polar surface area (TPSA) is 109 Å². The molecule has 2 heterocycles. The van der Waals surface area contributed by atoms with Gasteiger partial charge in [0.1, 0.15) is 0 Å². The van der Waals surface area contributed by atoms with Crippen molar-refractivity contribution in [2.75, 3.05) is 18.0 Å². The molecule has 0 saturated carbocycles. The van der Waals surface area contributed by atoms with E-state index in [2.05, 4.69) is 4.98 Å². The number of rotatable bonds is 6. The van der Waals surface area contributed by atoms with Crippen LogP contribution in [0.4, 0.5) is 32.4 Å². The molecule has 2 aromatic rings. The lowest BCUT2D eigenvalue weighted by atomic mass is 9.86. The molecule has 1 aromatic heterocycles. The van der Waals surface area contributed by atoms with E-state index in [1.165, 1.54) is 17.2 Å². The van der Waals surface area contributed by atoms with Gasteiger partial charge < -0.3 is 25.6 Å². The number of halogens is 5. The number of hydrogen-bond acceptors (Lipinski definition) is 6. The Bertz CT molecular complexity index is 1010. The zero-order chi connectivity index (χ0) is 23.6. The fourth-order valence-corrected chi connectivity index (χ4v) is 3.84. The molecular formula is C20H20F5N3O4. The van der Waals surface area contributed by atoms with Crippen LogP contribution in [-0.2, 0) is 11.3 Å². The van der Waals surface area contributed by atoms with Gasteiger partial charge in [-0.25, -0.2) is 26.7 Å². The SMILES string of the molecule is NC(=O)OC1(C(O)C(F)F)CCCN(c2cnc(-c3ccc(F)c(F)c3F)cc2CO)C1. The quantitative estimate of drug-likeness (QED) is 0.451. The number of aliphatic hydroxyl groups is 2. The van der Waals surface area contributed by atoms with Crippen molar-refractivity contribution in [3.63, 3.8) is 0 Å². The van der Waals surface area contributed by atoms with Crippen LogP contribution in [0.3, 0.4) is 0 Å². The number of anilines is 1. The molecule has 1 amide bonds. The van der Waals surface area contributed by atoms with E-state index < -0.39 is 48.3 Å². The van der Waals surface area contributed by atoms with Crippen molar-refractivity contribution in [3.05, 3.63) is 47.4 Å². The molecule has 1 fully saturated rings. The molecule has 0 bridgehead atoms. The highest BCUT2D eigenvalue weighted by Crippen LogP contribution is 2.36. The molecule has 1 aromatic carbocycles. The van der Waals surface area contributed by atoms with Gasteiger partial charge in [-0.05, 0) is 31.0 Å². The number of primary amides is 1. The highest BCUT2D eigenvalue weighted by atomic mass is 19.3. The first-order valence-electron chi connectivity index (χ1n) is 9.53. The van der Waals surface area contributed by atoms with E-state index in [0.29, 0.717) is 0 Å². The molecule has 2 atom stereocenters. The van der Waals surface area contributed by atoms with Gasteiger partial charge in [0, 0.05) is 17.7 Å². The predicted molar refractivity (Wildman–Crippen MR) is 102 cm³/mol. The van der Waals surface area contributed by atoms with Crippen LogP contribution < -0.4 is 10.6 Å². The Morgan fingerprint density at radius 2 is 2.00 bits per heavy atom. The van der Waals surface area contributed by atoms with Crippen LogP contribution in [0.2, 0.25) is 0 Å². The fourth-order valence-electron chi connectivity index (χ4n) is 3.84. The minimum absolute atomic E-state index is 0.0853. The Balaban J connectivity index is 1.99. The molecule has 2 unspecified atom stereocenters. The average molecular weight is 461 g/mol. The molecule has 4 N–H and O–H groups in total. The van der Waals surface area contributed by atoms with Gasteiger partial charge in [-0.15, -0.1) is 0 Å². The van der Waals surface area contributed by atoms with E-state index in [1.54, 1.807) is 0 Å². The number of ether oxygens (including phenoxy) is 1. The monoisotopic (exact) mass is 461 g/mol. The molecule has 174 valence electrons. The number of benzene rings is 1. The second-order valence-corrected chi connectivity index (χ2v) is 7.37. The van der Waals surface area contributed by atoms with Crippen molar-refractivity contribution < 1.29 is 41.7 Å². The van der Waals surface area contributed by atoms with Crippen LogP contribution in [-0.4, -0.2) is 52.5 Å². The summed E-state index contributed by atoms with van der Waals surface area (Å²) in [4.78, 5) is 16.8. The standard InChI is InChI=1S/C20H20F5N3O4/c21-12-3-2-11(15(22)16(12)23)13-6-10(8-29)14(7-27-13)28-5-1-4-20(9-28,32-19(26)31)17(30)18(24)25/h2-3,6-7,17-18,29-30H,1,4-5,8-9H2,(H2,26,31). The molecule has 32 heavy (non-hydrogen) atoms. The number of nitrogens with two attached hydrogens (primary N) is 1. The summed E-state index contributed by atoms with van der Waals surface area (Å²) in [6.45, 7) is -0.698. The lowest BCUT2D eigenvalue weighted by molar-refractivity contribution is -0.141. The van der Waals surface area contributed by atoms with Crippen LogP contribution >= 0.6 is 0 Å². The number of pyridine rings is 1. The van der Waals surface area contributed by atoms with Gasteiger partial charge in [0.25, 0.3) is 6.43 Å². The first-order chi connectivity index (χ1) is 15.1. The van der Waals surface area contributed by atoms with Gasteiger partial charge in [-0.1, -0.05) is 0 Å². The van der Waals surface area contributed by atoms with Crippen molar-refractivity contribution in [3.8, 4) is 11.3 Å². The number of alkyl halides is 2. The maximum Gasteiger partial charge on any atom is 0.405 e. The summed E-state index contributed by atoms with van der Waals surface area (Å²) in [6.07, 6.45) is -5.55.